The molecule has 4 rings (SSSR count). The molecule has 0 saturated heterocycles. The van der Waals surface area contributed by atoms with Gasteiger partial charge in [0.25, 0.3) is 0 Å². The molecular formula is C16H12N4O. The maximum atomic E-state index is 9.98. The second-order valence-electron chi connectivity index (χ2n) is 4.92. The first-order valence-electron chi connectivity index (χ1n) is 6.54. The number of phenols is 1. The standard InChI is InChI=1S/C16H12N4O/c17-15-6-11-12-5-9(10-3-1-2-4-14(10)21)7-19-16(12)20-13(11)8-18-15/h1-8,21H,(H2,17,18)(H,19,20). The van der Waals surface area contributed by atoms with Gasteiger partial charge in [-0.1, -0.05) is 18.2 Å². The van der Waals surface area contributed by atoms with E-state index in [1.807, 2.05) is 24.3 Å². The van der Waals surface area contributed by atoms with Crippen molar-refractivity contribution in [2.45, 2.75) is 0 Å². The van der Waals surface area contributed by atoms with Crippen LogP contribution in [-0.2, 0) is 0 Å². The summed E-state index contributed by atoms with van der Waals surface area (Å²) in [7, 11) is 0. The van der Waals surface area contributed by atoms with Crippen LogP contribution in [0.1, 0.15) is 0 Å². The summed E-state index contributed by atoms with van der Waals surface area (Å²) < 4.78 is 0. The second-order valence-corrected chi connectivity index (χ2v) is 4.92. The Labute approximate surface area is 120 Å². The number of hydrogen-bond donors (Lipinski definition) is 3. The highest BCUT2D eigenvalue weighted by atomic mass is 16.3. The molecule has 0 radical (unpaired) electrons. The van der Waals surface area contributed by atoms with Crippen molar-refractivity contribution in [3.8, 4) is 16.9 Å². The normalized spacial score (nSPS) is 11.2. The summed E-state index contributed by atoms with van der Waals surface area (Å²) in [6.07, 6.45) is 3.44. The lowest BCUT2D eigenvalue weighted by molar-refractivity contribution is 0.477. The third-order valence-corrected chi connectivity index (χ3v) is 3.57. The van der Waals surface area contributed by atoms with E-state index in [-0.39, 0.29) is 5.75 Å². The minimum Gasteiger partial charge on any atom is -0.507 e. The van der Waals surface area contributed by atoms with Gasteiger partial charge in [0, 0.05) is 28.1 Å². The number of H-pyrrole nitrogens is 1. The predicted molar refractivity (Wildman–Crippen MR) is 82.9 cm³/mol. The molecule has 0 aliphatic carbocycles. The van der Waals surface area contributed by atoms with Crippen molar-refractivity contribution in [3.63, 3.8) is 0 Å². The molecule has 5 heteroatoms. The van der Waals surface area contributed by atoms with Crippen LogP contribution in [0.2, 0.25) is 0 Å². The zero-order chi connectivity index (χ0) is 14.4. The van der Waals surface area contributed by atoms with Crippen molar-refractivity contribution in [2.24, 2.45) is 0 Å². The van der Waals surface area contributed by atoms with Crippen LogP contribution in [0.4, 0.5) is 5.82 Å². The van der Waals surface area contributed by atoms with Crippen LogP contribution in [0.3, 0.4) is 0 Å². The number of fused-ring (bicyclic) bond motifs is 3. The maximum Gasteiger partial charge on any atom is 0.138 e. The minimum absolute atomic E-state index is 0.236. The Bertz CT molecular complexity index is 975. The highest BCUT2D eigenvalue weighted by Gasteiger charge is 2.10. The van der Waals surface area contributed by atoms with Crippen molar-refractivity contribution >= 4 is 27.8 Å². The zero-order valence-corrected chi connectivity index (χ0v) is 11.0. The van der Waals surface area contributed by atoms with E-state index in [0.717, 1.165) is 33.1 Å². The fourth-order valence-corrected chi connectivity index (χ4v) is 2.56. The Hall–Kier alpha value is -3.08. The van der Waals surface area contributed by atoms with E-state index in [0.29, 0.717) is 5.82 Å². The molecule has 3 heterocycles. The van der Waals surface area contributed by atoms with Gasteiger partial charge in [0.1, 0.15) is 17.2 Å². The van der Waals surface area contributed by atoms with Gasteiger partial charge in [-0.3, -0.25) is 0 Å². The lowest BCUT2D eigenvalue weighted by Gasteiger charge is -2.04. The van der Waals surface area contributed by atoms with E-state index in [4.69, 9.17) is 5.73 Å². The summed E-state index contributed by atoms with van der Waals surface area (Å²) in [4.78, 5) is 11.7. The van der Waals surface area contributed by atoms with E-state index in [9.17, 15) is 5.11 Å². The van der Waals surface area contributed by atoms with E-state index in [1.54, 1.807) is 24.5 Å². The molecule has 3 aromatic heterocycles. The van der Waals surface area contributed by atoms with Gasteiger partial charge >= 0.3 is 0 Å². The molecule has 4 aromatic rings. The van der Waals surface area contributed by atoms with E-state index < -0.39 is 0 Å². The number of phenolic OH excluding ortho intramolecular Hbond substituents is 1. The topological polar surface area (TPSA) is 87.8 Å². The summed E-state index contributed by atoms with van der Waals surface area (Å²) in [5, 5.41) is 11.9. The third kappa shape index (κ3) is 1.79. The first-order valence-corrected chi connectivity index (χ1v) is 6.54. The Morgan fingerprint density at radius 3 is 2.71 bits per heavy atom. The molecule has 0 spiro atoms. The van der Waals surface area contributed by atoms with Crippen molar-refractivity contribution in [1.82, 2.24) is 15.0 Å². The molecule has 0 unspecified atom stereocenters. The number of hydrogen-bond acceptors (Lipinski definition) is 4. The summed E-state index contributed by atoms with van der Waals surface area (Å²) in [6.45, 7) is 0. The summed E-state index contributed by atoms with van der Waals surface area (Å²) in [6, 6.07) is 11.0. The van der Waals surface area contributed by atoms with Crippen LogP contribution in [0.5, 0.6) is 5.75 Å². The molecule has 1 aromatic carbocycles. The van der Waals surface area contributed by atoms with Crippen molar-refractivity contribution in [3.05, 3.63) is 48.8 Å². The number of benzene rings is 1. The number of aromatic amines is 1. The summed E-state index contributed by atoms with van der Waals surface area (Å²) >= 11 is 0. The molecule has 102 valence electrons. The van der Waals surface area contributed by atoms with E-state index in [1.165, 1.54) is 0 Å². The highest BCUT2D eigenvalue weighted by molar-refractivity contribution is 6.07. The number of nitrogens with zero attached hydrogens (tertiary/aromatic N) is 2. The van der Waals surface area contributed by atoms with Gasteiger partial charge in [0.2, 0.25) is 0 Å². The number of para-hydroxylation sites is 1. The van der Waals surface area contributed by atoms with Gasteiger partial charge in [-0.2, -0.15) is 0 Å². The number of anilines is 1. The molecule has 0 bridgehead atoms. The highest BCUT2D eigenvalue weighted by Crippen LogP contribution is 2.32. The van der Waals surface area contributed by atoms with Crippen LogP contribution in [0.15, 0.2) is 48.8 Å². The van der Waals surface area contributed by atoms with Crippen LogP contribution < -0.4 is 5.73 Å². The number of nitrogen functional groups attached to an aromatic ring is 1. The monoisotopic (exact) mass is 276 g/mol. The first-order chi connectivity index (χ1) is 10.2. The second kappa shape index (κ2) is 4.21. The lowest BCUT2D eigenvalue weighted by Crippen LogP contribution is -1.87. The van der Waals surface area contributed by atoms with Crippen molar-refractivity contribution < 1.29 is 5.11 Å². The SMILES string of the molecule is Nc1cc2c(cn1)[nH]c1ncc(-c3ccccc3O)cc12. The Kier molecular flexibility index (Phi) is 2.35. The molecule has 0 atom stereocenters. The predicted octanol–water partition coefficient (Wildman–Crippen LogP) is 3.07. The van der Waals surface area contributed by atoms with E-state index >= 15 is 0 Å². The average molecular weight is 276 g/mol. The number of aromatic nitrogens is 3. The van der Waals surface area contributed by atoms with Gasteiger partial charge in [0.15, 0.2) is 0 Å². The van der Waals surface area contributed by atoms with Crippen molar-refractivity contribution in [1.29, 1.82) is 0 Å². The molecule has 5 nitrogen and oxygen atoms in total. The van der Waals surface area contributed by atoms with Gasteiger partial charge in [0.05, 0.1) is 11.7 Å². The lowest BCUT2D eigenvalue weighted by atomic mass is 10.1. The number of aromatic hydroxyl groups is 1. The van der Waals surface area contributed by atoms with Crippen LogP contribution in [0.25, 0.3) is 33.1 Å². The zero-order valence-electron chi connectivity index (χ0n) is 11.0. The fraction of sp³-hybridized carbons (Fsp3) is 0. The third-order valence-electron chi connectivity index (χ3n) is 3.57. The number of pyridine rings is 2. The molecule has 0 fully saturated rings. The van der Waals surface area contributed by atoms with Gasteiger partial charge in [-0.05, 0) is 18.2 Å². The number of rotatable bonds is 1. The summed E-state index contributed by atoms with van der Waals surface area (Å²) in [5.41, 5.74) is 9.04. The van der Waals surface area contributed by atoms with Crippen LogP contribution >= 0.6 is 0 Å². The largest absolute Gasteiger partial charge is 0.507 e. The fourth-order valence-electron chi connectivity index (χ4n) is 2.56. The quantitative estimate of drug-likeness (QED) is 0.498. The average Bonchev–Trinajstić information content (AvgIpc) is 2.85. The Morgan fingerprint density at radius 2 is 1.86 bits per heavy atom. The summed E-state index contributed by atoms with van der Waals surface area (Å²) in [5.74, 6) is 0.705. The number of nitrogens with two attached hydrogens (primary N) is 1. The van der Waals surface area contributed by atoms with Crippen LogP contribution in [-0.4, -0.2) is 20.1 Å². The van der Waals surface area contributed by atoms with Gasteiger partial charge in [-0.25, -0.2) is 9.97 Å². The molecule has 0 aliphatic rings. The molecule has 21 heavy (non-hydrogen) atoms. The Balaban J connectivity index is 2.03. The smallest absolute Gasteiger partial charge is 0.138 e. The molecule has 4 N–H and O–H groups in total. The van der Waals surface area contributed by atoms with Crippen LogP contribution in [0, 0.1) is 0 Å². The molecule has 0 aliphatic heterocycles. The van der Waals surface area contributed by atoms with Gasteiger partial charge in [-0.15, -0.1) is 0 Å². The maximum absolute atomic E-state index is 9.98. The molecular weight excluding hydrogens is 264 g/mol. The van der Waals surface area contributed by atoms with Gasteiger partial charge < -0.3 is 15.8 Å². The van der Waals surface area contributed by atoms with Crippen molar-refractivity contribution in [2.75, 3.05) is 5.73 Å². The Morgan fingerprint density at radius 1 is 1.00 bits per heavy atom. The number of nitrogens with one attached hydrogen (secondary N) is 1. The van der Waals surface area contributed by atoms with E-state index in [2.05, 4.69) is 15.0 Å². The minimum atomic E-state index is 0.236. The molecule has 0 saturated carbocycles. The first kappa shape index (κ1) is 11.7. The molecule has 0 amide bonds.